The molecule has 0 radical (unpaired) electrons. The molecule has 1 unspecified atom stereocenters. The summed E-state index contributed by atoms with van der Waals surface area (Å²) < 4.78 is 14.8. The standard InChI is InChI=1S/C18H17N3O9/c1-10(17(22)19-13-6-5-12(28-2)9-14(13)20(24)25)30-18(23)11-4-7-16(29-3)15(8-11)21(26)27/h4-10H,1-3H3,(H,19,22). The number of benzene rings is 2. The fourth-order valence-corrected chi connectivity index (χ4v) is 2.37. The molecule has 0 saturated carbocycles. The van der Waals surface area contributed by atoms with Gasteiger partial charge in [0.25, 0.3) is 11.6 Å². The van der Waals surface area contributed by atoms with Gasteiger partial charge in [0.2, 0.25) is 0 Å². The van der Waals surface area contributed by atoms with Crippen LogP contribution in [-0.4, -0.2) is 42.0 Å². The maximum absolute atomic E-state index is 12.3. The van der Waals surface area contributed by atoms with E-state index in [-0.39, 0.29) is 22.7 Å². The fourth-order valence-electron chi connectivity index (χ4n) is 2.37. The molecule has 0 aliphatic heterocycles. The first-order valence-electron chi connectivity index (χ1n) is 8.34. The van der Waals surface area contributed by atoms with Crippen LogP contribution in [0.4, 0.5) is 17.1 Å². The number of amides is 1. The van der Waals surface area contributed by atoms with Crippen LogP contribution in [0.3, 0.4) is 0 Å². The molecular weight excluding hydrogens is 402 g/mol. The number of carbonyl (C=O) groups is 2. The van der Waals surface area contributed by atoms with Crippen molar-refractivity contribution in [2.24, 2.45) is 0 Å². The number of nitro benzene ring substituents is 2. The maximum Gasteiger partial charge on any atom is 0.339 e. The topological polar surface area (TPSA) is 160 Å². The normalized spacial score (nSPS) is 11.2. The highest BCUT2D eigenvalue weighted by Crippen LogP contribution is 2.30. The van der Waals surface area contributed by atoms with Crippen LogP contribution in [0.5, 0.6) is 11.5 Å². The van der Waals surface area contributed by atoms with Gasteiger partial charge in [0.1, 0.15) is 11.4 Å². The summed E-state index contributed by atoms with van der Waals surface area (Å²) in [6.07, 6.45) is -1.35. The van der Waals surface area contributed by atoms with Crippen molar-refractivity contribution in [3.05, 3.63) is 62.2 Å². The molecule has 0 fully saturated rings. The Morgan fingerprint density at radius 1 is 0.967 bits per heavy atom. The smallest absolute Gasteiger partial charge is 0.339 e. The molecule has 0 bridgehead atoms. The van der Waals surface area contributed by atoms with E-state index >= 15 is 0 Å². The van der Waals surface area contributed by atoms with Crippen molar-refractivity contribution in [3.63, 3.8) is 0 Å². The second-order valence-corrected chi connectivity index (χ2v) is 5.82. The molecular formula is C18H17N3O9. The SMILES string of the molecule is COc1ccc(NC(=O)C(C)OC(=O)c2ccc(OC)c([N+](=O)[O-])c2)c([N+](=O)[O-])c1. The van der Waals surface area contributed by atoms with Gasteiger partial charge in [0, 0.05) is 6.07 Å². The molecule has 30 heavy (non-hydrogen) atoms. The van der Waals surface area contributed by atoms with E-state index in [1.807, 2.05) is 0 Å². The quantitative estimate of drug-likeness (QED) is 0.385. The minimum Gasteiger partial charge on any atom is -0.496 e. The molecule has 12 heteroatoms. The molecule has 2 rings (SSSR count). The van der Waals surface area contributed by atoms with Gasteiger partial charge < -0.3 is 19.5 Å². The molecule has 12 nitrogen and oxygen atoms in total. The number of ether oxygens (including phenoxy) is 3. The molecule has 1 amide bonds. The first-order chi connectivity index (χ1) is 14.2. The fraction of sp³-hybridized carbons (Fsp3) is 0.222. The molecule has 0 heterocycles. The van der Waals surface area contributed by atoms with Gasteiger partial charge >= 0.3 is 11.7 Å². The van der Waals surface area contributed by atoms with Gasteiger partial charge in [-0.25, -0.2) is 4.79 Å². The summed E-state index contributed by atoms with van der Waals surface area (Å²) in [5.41, 5.74) is -1.14. The summed E-state index contributed by atoms with van der Waals surface area (Å²) >= 11 is 0. The van der Waals surface area contributed by atoms with Crippen molar-refractivity contribution < 1.29 is 33.6 Å². The van der Waals surface area contributed by atoms with Crippen molar-refractivity contribution in [2.45, 2.75) is 13.0 Å². The Balaban J connectivity index is 2.15. The number of methoxy groups -OCH3 is 2. The first-order valence-corrected chi connectivity index (χ1v) is 8.34. The number of nitrogens with one attached hydrogen (secondary N) is 1. The molecule has 0 aromatic heterocycles. The van der Waals surface area contributed by atoms with Gasteiger partial charge in [-0.2, -0.15) is 0 Å². The van der Waals surface area contributed by atoms with Crippen LogP contribution >= 0.6 is 0 Å². The number of hydrogen-bond acceptors (Lipinski definition) is 9. The number of carbonyl (C=O) groups excluding carboxylic acids is 2. The van der Waals surface area contributed by atoms with Crippen molar-refractivity contribution in [3.8, 4) is 11.5 Å². The Bertz CT molecular complexity index is 1010. The second-order valence-electron chi connectivity index (χ2n) is 5.82. The highest BCUT2D eigenvalue weighted by Gasteiger charge is 2.25. The lowest BCUT2D eigenvalue weighted by Crippen LogP contribution is -2.30. The zero-order valence-electron chi connectivity index (χ0n) is 16.1. The van der Waals surface area contributed by atoms with Crippen LogP contribution in [0.2, 0.25) is 0 Å². The largest absolute Gasteiger partial charge is 0.496 e. The zero-order chi connectivity index (χ0) is 22.4. The third-order valence-electron chi connectivity index (χ3n) is 3.92. The third kappa shape index (κ3) is 4.98. The average Bonchev–Trinajstić information content (AvgIpc) is 2.72. The van der Waals surface area contributed by atoms with E-state index in [1.54, 1.807) is 0 Å². The van der Waals surface area contributed by atoms with E-state index in [0.717, 1.165) is 12.1 Å². The van der Waals surface area contributed by atoms with Gasteiger partial charge in [0.15, 0.2) is 11.9 Å². The lowest BCUT2D eigenvalue weighted by atomic mass is 10.2. The van der Waals surface area contributed by atoms with Gasteiger partial charge in [-0.1, -0.05) is 0 Å². The van der Waals surface area contributed by atoms with Crippen LogP contribution < -0.4 is 14.8 Å². The lowest BCUT2D eigenvalue weighted by Gasteiger charge is -2.14. The Labute approximate surface area is 169 Å². The van der Waals surface area contributed by atoms with Gasteiger partial charge in [-0.05, 0) is 31.2 Å². The van der Waals surface area contributed by atoms with Gasteiger partial charge in [-0.3, -0.25) is 25.0 Å². The first kappa shape index (κ1) is 22.1. The summed E-state index contributed by atoms with van der Waals surface area (Å²) in [5, 5.41) is 24.6. The predicted molar refractivity (Wildman–Crippen MR) is 103 cm³/mol. The summed E-state index contributed by atoms with van der Waals surface area (Å²) in [7, 11) is 2.58. The van der Waals surface area contributed by atoms with E-state index in [1.165, 1.54) is 45.4 Å². The predicted octanol–water partition coefficient (Wildman–Crippen LogP) is 2.70. The van der Waals surface area contributed by atoms with Crippen LogP contribution in [0, 0.1) is 20.2 Å². The van der Waals surface area contributed by atoms with Crippen LogP contribution in [0.15, 0.2) is 36.4 Å². The Morgan fingerprint density at radius 2 is 1.63 bits per heavy atom. The Morgan fingerprint density at radius 3 is 2.20 bits per heavy atom. The molecule has 158 valence electrons. The minimum atomic E-state index is -1.35. The van der Waals surface area contributed by atoms with Gasteiger partial charge in [-0.15, -0.1) is 0 Å². The number of anilines is 1. The molecule has 0 aliphatic rings. The highest BCUT2D eigenvalue weighted by molar-refractivity contribution is 5.99. The molecule has 0 spiro atoms. The van der Waals surface area contributed by atoms with E-state index in [2.05, 4.69) is 5.32 Å². The van der Waals surface area contributed by atoms with E-state index < -0.39 is 39.2 Å². The summed E-state index contributed by atoms with van der Waals surface area (Å²) in [5.74, 6) is -1.65. The van der Waals surface area contributed by atoms with Crippen molar-refractivity contribution in [1.29, 1.82) is 0 Å². The maximum atomic E-state index is 12.3. The zero-order valence-corrected chi connectivity index (χ0v) is 16.1. The third-order valence-corrected chi connectivity index (χ3v) is 3.92. The van der Waals surface area contributed by atoms with Crippen LogP contribution in [0.25, 0.3) is 0 Å². The van der Waals surface area contributed by atoms with Crippen LogP contribution in [-0.2, 0) is 9.53 Å². The number of hydrogen-bond donors (Lipinski definition) is 1. The number of nitrogens with zero attached hydrogens (tertiary/aromatic N) is 2. The highest BCUT2D eigenvalue weighted by atomic mass is 16.6. The van der Waals surface area contributed by atoms with Crippen molar-refractivity contribution >= 4 is 28.9 Å². The number of esters is 1. The minimum absolute atomic E-state index is 0.0471. The second kappa shape index (κ2) is 9.32. The molecule has 1 N–H and O–H groups in total. The Hall–Kier alpha value is -4.22. The number of nitro groups is 2. The van der Waals surface area contributed by atoms with Crippen LogP contribution in [0.1, 0.15) is 17.3 Å². The van der Waals surface area contributed by atoms with E-state index in [4.69, 9.17) is 14.2 Å². The van der Waals surface area contributed by atoms with Crippen molar-refractivity contribution in [2.75, 3.05) is 19.5 Å². The van der Waals surface area contributed by atoms with E-state index in [9.17, 15) is 29.8 Å². The number of rotatable bonds is 8. The summed E-state index contributed by atoms with van der Waals surface area (Å²) in [6, 6.07) is 7.24. The molecule has 1 atom stereocenters. The Kier molecular flexibility index (Phi) is 6.86. The van der Waals surface area contributed by atoms with E-state index in [0.29, 0.717) is 0 Å². The molecule has 2 aromatic rings. The average molecular weight is 419 g/mol. The molecule has 0 aliphatic carbocycles. The summed E-state index contributed by atoms with van der Waals surface area (Å²) in [6.45, 7) is 1.25. The van der Waals surface area contributed by atoms with Gasteiger partial charge in [0.05, 0.1) is 35.7 Å². The lowest BCUT2D eigenvalue weighted by molar-refractivity contribution is -0.385. The molecule has 2 aromatic carbocycles. The molecule has 0 saturated heterocycles. The van der Waals surface area contributed by atoms with Crippen molar-refractivity contribution in [1.82, 2.24) is 0 Å². The monoisotopic (exact) mass is 419 g/mol. The summed E-state index contributed by atoms with van der Waals surface area (Å²) in [4.78, 5) is 45.4.